The van der Waals surface area contributed by atoms with Crippen molar-refractivity contribution >= 4 is 27.5 Å². The maximum Gasteiger partial charge on any atom is 0.255 e. The van der Waals surface area contributed by atoms with Crippen LogP contribution in [0.3, 0.4) is 0 Å². The molecule has 0 atom stereocenters. The zero-order valence-corrected chi connectivity index (χ0v) is 12.2. The van der Waals surface area contributed by atoms with Gasteiger partial charge in [0.1, 0.15) is 11.9 Å². The lowest BCUT2D eigenvalue weighted by atomic mass is 10.1. The van der Waals surface area contributed by atoms with Crippen molar-refractivity contribution in [1.82, 2.24) is 0 Å². The lowest BCUT2D eigenvalue weighted by Gasteiger charge is -2.07. The van der Waals surface area contributed by atoms with Gasteiger partial charge in [0.25, 0.3) is 5.91 Å². The van der Waals surface area contributed by atoms with Gasteiger partial charge in [-0.25, -0.2) is 4.39 Å². The molecule has 0 radical (unpaired) electrons. The van der Waals surface area contributed by atoms with Gasteiger partial charge in [-0.1, -0.05) is 15.9 Å². The Morgan fingerprint density at radius 3 is 2.70 bits per heavy atom. The lowest BCUT2D eigenvalue weighted by Crippen LogP contribution is -2.12. The fraction of sp³-hybridized carbons (Fsp3) is 0.0667. The van der Waals surface area contributed by atoms with Gasteiger partial charge in [-0.05, 0) is 48.9 Å². The Morgan fingerprint density at radius 1 is 1.30 bits per heavy atom. The average Bonchev–Trinajstić information content (AvgIpc) is 2.43. The summed E-state index contributed by atoms with van der Waals surface area (Å²) in [6, 6.07) is 10.8. The number of anilines is 1. The average molecular weight is 333 g/mol. The lowest BCUT2D eigenvalue weighted by molar-refractivity contribution is 0.102. The Kier molecular flexibility index (Phi) is 4.16. The van der Waals surface area contributed by atoms with Gasteiger partial charge < -0.3 is 5.32 Å². The quantitative estimate of drug-likeness (QED) is 0.902. The predicted octanol–water partition coefficient (Wildman–Crippen LogP) is 4.02. The molecule has 0 saturated carbocycles. The maximum atomic E-state index is 13.2. The molecule has 2 aromatic rings. The van der Waals surface area contributed by atoms with E-state index in [4.69, 9.17) is 5.26 Å². The molecule has 0 heterocycles. The van der Waals surface area contributed by atoms with Crippen molar-refractivity contribution in [1.29, 1.82) is 5.26 Å². The summed E-state index contributed by atoms with van der Waals surface area (Å²) < 4.78 is 14.1. The minimum atomic E-state index is -0.606. The summed E-state index contributed by atoms with van der Waals surface area (Å²) in [6.45, 7) is 1.88. The third-order valence-electron chi connectivity index (χ3n) is 2.76. The number of hydrogen-bond acceptors (Lipinski definition) is 2. The van der Waals surface area contributed by atoms with Crippen LogP contribution in [0, 0.1) is 24.1 Å². The van der Waals surface area contributed by atoms with E-state index in [1.54, 1.807) is 24.3 Å². The first-order valence-electron chi connectivity index (χ1n) is 5.78. The first-order chi connectivity index (χ1) is 9.51. The summed E-state index contributed by atoms with van der Waals surface area (Å²) in [4.78, 5) is 12.1. The van der Waals surface area contributed by atoms with Crippen LogP contribution in [-0.4, -0.2) is 5.91 Å². The fourth-order valence-corrected chi connectivity index (χ4v) is 1.92. The van der Waals surface area contributed by atoms with Crippen LogP contribution >= 0.6 is 15.9 Å². The third-order valence-corrected chi connectivity index (χ3v) is 3.65. The fourth-order valence-electron chi connectivity index (χ4n) is 1.68. The predicted molar refractivity (Wildman–Crippen MR) is 77.9 cm³/mol. The minimum Gasteiger partial charge on any atom is -0.322 e. The molecule has 2 aromatic carbocycles. The number of carbonyl (C=O) groups excluding carboxylic acids is 1. The van der Waals surface area contributed by atoms with E-state index in [0.29, 0.717) is 11.3 Å². The van der Waals surface area contributed by atoms with Crippen LogP contribution in [0.4, 0.5) is 10.1 Å². The molecule has 0 fully saturated rings. The van der Waals surface area contributed by atoms with Gasteiger partial charge in [0.15, 0.2) is 0 Å². The van der Waals surface area contributed by atoms with Gasteiger partial charge in [0, 0.05) is 15.7 Å². The van der Waals surface area contributed by atoms with E-state index < -0.39 is 5.82 Å². The highest BCUT2D eigenvalue weighted by Gasteiger charge is 2.09. The Morgan fingerprint density at radius 2 is 2.05 bits per heavy atom. The topological polar surface area (TPSA) is 52.9 Å². The molecule has 5 heteroatoms. The molecular weight excluding hydrogens is 323 g/mol. The number of nitrogens with zero attached hydrogens (tertiary/aromatic N) is 1. The second-order valence-electron chi connectivity index (χ2n) is 4.22. The number of nitrogens with one attached hydrogen (secondary N) is 1. The van der Waals surface area contributed by atoms with Crippen LogP contribution in [0.15, 0.2) is 40.9 Å². The highest BCUT2D eigenvalue weighted by molar-refractivity contribution is 9.10. The summed E-state index contributed by atoms with van der Waals surface area (Å²) >= 11 is 3.36. The molecule has 0 bridgehead atoms. The number of rotatable bonds is 2. The monoisotopic (exact) mass is 332 g/mol. The number of aryl methyl sites for hydroxylation is 1. The number of nitriles is 1. The first-order valence-corrected chi connectivity index (χ1v) is 6.57. The van der Waals surface area contributed by atoms with Crippen LogP contribution in [0.1, 0.15) is 21.5 Å². The van der Waals surface area contributed by atoms with Crippen molar-refractivity contribution < 1.29 is 9.18 Å². The highest BCUT2D eigenvalue weighted by Crippen LogP contribution is 2.19. The first kappa shape index (κ1) is 14.2. The van der Waals surface area contributed by atoms with Crippen molar-refractivity contribution in [3.8, 4) is 6.07 Å². The van der Waals surface area contributed by atoms with Gasteiger partial charge >= 0.3 is 0 Å². The van der Waals surface area contributed by atoms with Crippen molar-refractivity contribution in [3.05, 3.63) is 63.4 Å². The second-order valence-corrected chi connectivity index (χ2v) is 5.08. The van der Waals surface area contributed by atoms with Crippen molar-refractivity contribution in [2.75, 3.05) is 5.32 Å². The van der Waals surface area contributed by atoms with Gasteiger partial charge in [0.05, 0.1) is 5.56 Å². The van der Waals surface area contributed by atoms with E-state index in [1.807, 2.05) is 6.92 Å². The SMILES string of the molecule is Cc1cc(C(=O)Nc2ccc(F)c(C#N)c2)ccc1Br. The molecular formula is C15H10BrFN2O. The number of carbonyl (C=O) groups is 1. The molecule has 2 rings (SSSR count). The van der Waals surface area contributed by atoms with Gasteiger partial charge in [-0.3, -0.25) is 4.79 Å². The Bertz CT molecular complexity index is 722. The van der Waals surface area contributed by atoms with Crippen LogP contribution < -0.4 is 5.32 Å². The smallest absolute Gasteiger partial charge is 0.255 e. The summed E-state index contributed by atoms with van der Waals surface area (Å²) in [6.07, 6.45) is 0. The molecule has 1 amide bonds. The summed E-state index contributed by atoms with van der Waals surface area (Å²) in [7, 11) is 0. The molecule has 100 valence electrons. The standard InChI is InChI=1S/C15H10BrFN2O/c1-9-6-10(2-4-13(9)16)15(20)19-12-3-5-14(17)11(7-12)8-18/h2-7H,1H3,(H,19,20). The van der Waals surface area contributed by atoms with Gasteiger partial charge in [-0.15, -0.1) is 0 Å². The molecule has 0 unspecified atom stereocenters. The summed E-state index contributed by atoms with van der Waals surface area (Å²) in [5.74, 6) is -0.916. The van der Waals surface area contributed by atoms with Crippen molar-refractivity contribution in [3.63, 3.8) is 0 Å². The van der Waals surface area contributed by atoms with Crippen LogP contribution in [0.2, 0.25) is 0 Å². The number of hydrogen-bond donors (Lipinski definition) is 1. The molecule has 20 heavy (non-hydrogen) atoms. The number of benzene rings is 2. The molecule has 0 aliphatic rings. The second kappa shape index (κ2) is 5.85. The molecule has 0 aliphatic heterocycles. The van der Waals surface area contributed by atoms with Crippen molar-refractivity contribution in [2.24, 2.45) is 0 Å². The molecule has 0 aliphatic carbocycles. The third kappa shape index (κ3) is 3.03. The van der Waals surface area contributed by atoms with E-state index in [-0.39, 0.29) is 11.5 Å². The molecule has 0 spiro atoms. The highest BCUT2D eigenvalue weighted by atomic mass is 79.9. The zero-order valence-electron chi connectivity index (χ0n) is 10.6. The zero-order chi connectivity index (χ0) is 14.7. The van der Waals surface area contributed by atoms with Crippen molar-refractivity contribution in [2.45, 2.75) is 6.92 Å². The van der Waals surface area contributed by atoms with E-state index in [9.17, 15) is 9.18 Å². The van der Waals surface area contributed by atoms with Gasteiger partial charge in [-0.2, -0.15) is 5.26 Å². The summed E-state index contributed by atoms with van der Waals surface area (Å²) in [5, 5.41) is 11.4. The molecule has 0 saturated heterocycles. The molecule has 3 nitrogen and oxygen atoms in total. The normalized spacial score (nSPS) is 9.90. The van der Waals surface area contributed by atoms with E-state index in [1.165, 1.54) is 12.1 Å². The maximum absolute atomic E-state index is 13.2. The Labute approximate surface area is 124 Å². The number of amides is 1. The molecule has 1 N–H and O–H groups in total. The van der Waals surface area contributed by atoms with E-state index in [0.717, 1.165) is 16.1 Å². The summed E-state index contributed by atoms with van der Waals surface area (Å²) in [5.41, 5.74) is 1.71. The Hall–Kier alpha value is -2.19. The number of halogens is 2. The van der Waals surface area contributed by atoms with Gasteiger partial charge in [0.2, 0.25) is 0 Å². The minimum absolute atomic E-state index is 0.102. The Balaban J connectivity index is 2.23. The molecule has 0 aromatic heterocycles. The van der Waals surface area contributed by atoms with Crippen LogP contribution in [0.5, 0.6) is 0 Å². The van der Waals surface area contributed by atoms with Crippen LogP contribution in [-0.2, 0) is 0 Å². The van der Waals surface area contributed by atoms with E-state index in [2.05, 4.69) is 21.2 Å². The van der Waals surface area contributed by atoms with Crippen LogP contribution in [0.25, 0.3) is 0 Å². The van der Waals surface area contributed by atoms with E-state index >= 15 is 0 Å². The largest absolute Gasteiger partial charge is 0.322 e.